The number of carboxylic acids is 2. The lowest BCUT2D eigenvalue weighted by molar-refractivity contribution is -0.139. The SMILES string of the molecule is CC1C(=O)Nc2ccc(SCC(NC(=O)CCC(N)C(=O)O)C(=O)NCC(=O)O)cc21. The van der Waals surface area contributed by atoms with Crippen molar-refractivity contribution in [2.45, 2.75) is 42.7 Å². The highest BCUT2D eigenvalue weighted by molar-refractivity contribution is 7.99. The Morgan fingerprint density at radius 3 is 2.61 bits per heavy atom. The average molecular weight is 452 g/mol. The van der Waals surface area contributed by atoms with E-state index in [1.165, 1.54) is 11.8 Å². The Morgan fingerprint density at radius 2 is 1.97 bits per heavy atom. The monoisotopic (exact) mass is 452 g/mol. The molecule has 0 saturated heterocycles. The molecule has 1 heterocycles. The third-order valence-electron chi connectivity index (χ3n) is 4.62. The molecular formula is C19H24N4O7S. The van der Waals surface area contributed by atoms with Crippen LogP contribution in [0.5, 0.6) is 0 Å². The quantitative estimate of drug-likeness (QED) is 0.245. The van der Waals surface area contributed by atoms with Gasteiger partial charge in [0.1, 0.15) is 18.6 Å². The molecule has 1 aliphatic heterocycles. The smallest absolute Gasteiger partial charge is 0.322 e. The predicted molar refractivity (Wildman–Crippen MR) is 112 cm³/mol. The zero-order valence-electron chi connectivity index (χ0n) is 16.7. The van der Waals surface area contributed by atoms with E-state index in [9.17, 15) is 24.0 Å². The van der Waals surface area contributed by atoms with E-state index in [1.807, 2.05) is 6.07 Å². The lowest BCUT2D eigenvalue weighted by Gasteiger charge is -2.18. The fourth-order valence-electron chi connectivity index (χ4n) is 2.81. The van der Waals surface area contributed by atoms with Crippen molar-refractivity contribution in [1.29, 1.82) is 0 Å². The minimum atomic E-state index is -1.24. The van der Waals surface area contributed by atoms with Gasteiger partial charge in [-0.25, -0.2) is 0 Å². The summed E-state index contributed by atoms with van der Waals surface area (Å²) in [5.41, 5.74) is 6.93. The van der Waals surface area contributed by atoms with Crippen LogP contribution in [0.2, 0.25) is 0 Å². The van der Waals surface area contributed by atoms with Gasteiger partial charge >= 0.3 is 11.9 Å². The van der Waals surface area contributed by atoms with Gasteiger partial charge in [0.2, 0.25) is 17.7 Å². The molecule has 0 aromatic heterocycles. The number of rotatable bonds is 11. The van der Waals surface area contributed by atoms with E-state index in [2.05, 4.69) is 16.0 Å². The third-order valence-corrected chi connectivity index (χ3v) is 5.71. The highest BCUT2D eigenvalue weighted by Gasteiger charge is 2.27. The zero-order valence-corrected chi connectivity index (χ0v) is 17.5. The number of nitrogens with one attached hydrogen (secondary N) is 3. The van der Waals surface area contributed by atoms with Crippen molar-refractivity contribution in [3.63, 3.8) is 0 Å². The number of hydrogen-bond acceptors (Lipinski definition) is 7. The van der Waals surface area contributed by atoms with Crippen LogP contribution in [-0.2, 0) is 24.0 Å². The lowest BCUT2D eigenvalue weighted by atomic mass is 10.0. The molecule has 2 rings (SSSR count). The van der Waals surface area contributed by atoms with Crippen LogP contribution in [0.25, 0.3) is 0 Å². The number of amides is 3. The molecule has 3 atom stereocenters. The minimum absolute atomic E-state index is 0.0940. The van der Waals surface area contributed by atoms with Crippen LogP contribution in [0.4, 0.5) is 5.69 Å². The van der Waals surface area contributed by atoms with Crippen LogP contribution in [0, 0.1) is 0 Å². The van der Waals surface area contributed by atoms with Crippen LogP contribution in [-0.4, -0.2) is 64.3 Å². The molecule has 11 nitrogen and oxygen atoms in total. The molecule has 3 unspecified atom stereocenters. The number of aliphatic carboxylic acids is 2. The topological polar surface area (TPSA) is 188 Å². The summed E-state index contributed by atoms with van der Waals surface area (Å²) >= 11 is 1.25. The van der Waals surface area contributed by atoms with Gasteiger partial charge in [0, 0.05) is 22.8 Å². The number of fused-ring (bicyclic) bond motifs is 1. The molecule has 0 fully saturated rings. The maximum atomic E-state index is 12.4. The Bertz CT molecular complexity index is 892. The number of carbonyl (C=O) groups is 5. The normalized spacial score (nSPS) is 16.6. The molecule has 12 heteroatoms. The van der Waals surface area contributed by atoms with Gasteiger partial charge in [0.25, 0.3) is 0 Å². The van der Waals surface area contributed by atoms with Gasteiger partial charge in [0.15, 0.2) is 0 Å². The highest BCUT2D eigenvalue weighted by Crippen LogP contribution is 2.35. The Hall–Kier alpha value is -3.12. The first kappa shape index (κ1) is 24.2. The Kier molecular flexibility index (Phi) is 8.39. The first-order chi connectivity index (χ1) is 14.6. The second-order valence-electron chi connectivity index (χ2n) is 6.99. The summed E-state index contributed by atoms with van der Waals surface area (Å²) in [6.45, 7) is 1.17. The van der Waals surface area contributed by atoms with E-state index in [0.29, 0.717) is 0 Å². The Balaban J connectivity index is 2.02. The van der Waals surface area contributed by atoms with Gasteiger partial charge in [-0.05, 0) is 37.1 Å². The number of nitrogens with two attached hydrogens (primary N) is 1. The third kappa shape index (κ3) is 6.96. The summed E-state index contributed by atoms with van der Waals surface area (Å²) in [6.07, 6.45) is -0.313. The van der Waals surface area contributed by atoms with Crippen molar-refractivity contribution in [2.24, 2.45) is 5.73 Å². The van der Waals surface area contributed by atoms with Crippen molar-refractivity contribution in [3.8, 4) is 0 Å². The second-order valence-corrected chi connectivity index (χ2v) is 8.08. The maximum absolute atomic E-state index is 12.4. The molecule has 0 radical (unpaired) electrons. The van der Waals surface area contributed by atoms with E-state index in [1.54, 1.807) is 19.1 Å². The molecule has 3 amide bonds. The van der Waals surface area contributed by atoms with Crippen LogP contribution in [0.3, 0.4) is 0 Å². The van der Waals surface area contributed by atoms with Crippen LogP contribution < -0.4 is 21.7 Å². The van der Waals surface area contributed by atoms with E-state index >= 15 is 0 Å². The number of carboxylic acid groups (broad SMARTS) is 2. The molecule has 0 bridgehead atoms. The minimum Gasteiger partial charge on any atom is -0.480 e. The number of benzene rings is 1. The zero-order chi connectivity index (χ0) is 23.1. The summed E-state index contributed by atoms with van der Waals surface area (Å²) in [5.74, 6) is -4.04. The predicted octanol–water partition coefficient (Wildman–Crippen LogP) is -0.288. The van der Waals surface area contributed by atoms with Crippen molar-refractivity contribution >= 4 is 47.1 Å². The molecule has 7 N–H and O–H groups in total. The molecule has 0 saturated carbocycles. The summed E-state index contributed by atoms with van der Waals surface area (Å²) in [7, 11) is 0. The van der Waals surface area contributed by atoms with Gasteiger partial charge in [-0.3, -0.25) is 24.0 Å². The number of thioether (sulfide) groups is 1. The molecule has 168 valence electrons. The van der Waals surface area contributed by atoms with Gasteiger partial charge in [-0.15, -0.1) is 11.8 Å². The summed E-state index contributed by atoms with van der Waals surface area (Å²) in [4.78, 5) is 58.6. The van der Waals surface area contributed by atoms with E-state index in [0.717, 1.165) is 16.1 Å². The van der Waals surface area contributed by atoms with Crippen LogP contribution in [0.15, 0.2) is 23.1 Å². The highest BCUT2D eigenvalue weighted by atomic mass is 32.2. The van der Waals surface area contributed by atoms with Crippen molar-refractivity contribution < 1.29 is 34.2 Å². The molecule has 0 aliphatic carbocycles. The molecule has 31 heavy (non-hydrogen) atoms. The van der Waals surface area contributed by atoms with Gasteiger partial charge in [-0.1, -0.05) is 0 Å². The average Bonchev–Trinajstić information content (AvgIpc) is 3.00. The van der Waals surface area contributed by atoms with Crippen molar-refractivity contribution in [1.82, 2.24) is 10.6 Å². The largest absolute Gasteiger partial charge is 0.480 e. The van der Waals surface area contributed by atoms with E-state index < -0.39 is 42.4 Å². The van der Waals surface area contributed by atoms with E-state index in [4.69, 9.17) is 15.9 Å². The molecule has 0 spiro atoms. The number of anilines is 1. The fraction of sp³-hybridized carbons (Fsp3) is 0.421. The maximum Gasteiger partial charge on any atom is 0.322 e. The summed E-state index contributed by atoms with van der Waals surface area (Å²) in [6, 6.07) is 3.08. The number of carbonyl (C=O) groups excluding carboxylic acids is 3. The first-order valence-corrected chi connectivity index (χ1v) is 10.4. The molecule has 1 aromatic rings. The van der Waals surface area contributed by atoms with Gasteiger partial charge in [-0.2, -0.15) is 0 Å². The Labute approximate surface area is 182 Å². The fourth-order valence-corrected chi connectivity index (χ4v) is 3.78. The lowest BCUT2D eigenvalue weighted by Crippen LogP contribution is -2.49. The van der Waals surface area contributed by atoms with Crippen molar-refractivity contribution in [2.75, 3.05) is 17.6 Å². The van der Waals surface area contributed by atoms with Crippen molar-refractivity contribution in [3.05, 3.63) is 23.8 Å². The summed E-state index contributed by atoms with van der Waals surface area (Å²) in [5, 5.41) is 25.0. The number of hydrogen-bond donors (Lipinski definition) is 6. The molecule has 1 aromatic carbocycles. The van der Waals surface area contributed by atoms with Crippen LogP contribution >= 0.6 is 11.8 Å². The van der Waals surface area contributed by atoms with E-state index in [-0.39, 0.29) is 30.4 Å². The van der Waals surface area contributed by atoms with Gasteiger partial charge in [0.05, 0.1) is 5.92 Å². The molecule has 1 aliphatic rings. The standard InChI is InChI=1S/C19H24N4O7S/c1-9-11-6-10(2-4-13(11)23-17(9)27)31-8-14(18(28)21-7-16(25)26)22-15(24)5-3-12(20)19(29)30/h2,4,6,9,12,14H,3,5,7-8,20H2,1H3,(H,21,28)(H,22,24)(H,23,27)(H,25,26)(H,29,30). The molecular weight excluding hydrogens is 428 g/mol. The first-order valence-electron chi connectivity index (χ1n) is 9.43. The Morgan fingerprint density at radius 1 is 1.26 bits per heavy atom. The second kappa shape index (κ2) is 10.8. The van der Waals surface area contributed by atoms with Crippen LogP contribution in [0.1, 0.15) is 31.2 Å². The van der Waals surface area contributed by atoms with Gasteiger partial charge < -0.3 is 31.9 Å². The summed E-state index contributed by atoms with van der Waals surface area (Å²) < 4.78 is 0.